The van der Waals surface area contributed by atoms with E-state index in [1.54, 1.807) is 36.4 Å². The standard InChI is InChI=1S/C28H25NO6/c1-17-9-7-10-18(2)25(17)35-28(32)21-14-8-13-20(15-21)23-24(31)26(19-11-5-4-6-12-19)34-27(23)29-16-22(30)33-3/h4-15,29,31H,16H2,1-3H3. The largest absolute Gasteiger partial charge is 0.504 e. The molecule has 0 bridgehead atoms. The van der Waals surface area contributed by atoms with E-state index < -0.39 is 11.9 Å². The van der Waals surface area contributed by atoms with E-state index in [0.29, 0.717) is 28.0 Å². The number of carbonyl (C=O) groups is 2. The van der Waals surface area contributed by atoms with Gasteiger partial charge in [-0.05, 0) is 42.7 Å². The zero-order valence-electron chi connectivity index (χ0n) is 19.6. The van der Waals surface area contributed by atoms with Gasteiger partial charge in [-0.2, -0.15) is 0 Å². The Hall–Kier alpha value is -4.52. The summed E-state index contributed by atoms with van der Waals surface area (Å²) < 4.78 is 16.3. The summed E-state index contributed by atoms with van der Waals surface area (Å²) in [5.74, 6) is -0.230. The Labute approximate surface area is 202 Å². The van der Waals surface area contributed by atoms with Crippen LogP contribution in [0, 0.1) is 13.8 Å². The molecule has 3 aromatic carbocycles. The first-order chi connectivity index (χ1) is 16.9. The van der Waals surface area contributed by atoms with Gasteiger partial charge >= 0.3 is 11.9 Å². The zero-order valence-corrected chi connectivity index (χ0v) is 19.6. The smallest absolute Gasteiger partial charge is 0.343 e. The molecule has 0 amide bonds. The number of nitrogens with one attached hydrogen (secondary N) is 1. The molecule has 7 nitrogen and oxygen atoms in total. The third-order valence-corrected chi connectivity index (χ3v) is 5.53. The minimum atomic E-state index is -0.528. The topological polar surface area (TPSA) is 98.0 Å². The van der Waals surface area contributed by atoms with Gasteiger partial charge in [-0.3, -0.25) is 4.79 Å². The lowest BCUT2D eigenvalue weighted by Crippen LogP contribution is -2.15. The number of para-hydroxylation sites is 1. The Bertz CT molecular complexity index is 1350. The number of aryl methyl sites for hydroxylation is 2. The molecule has 0 aliphatic rings. The number of aromatic hydroxyl groups is 1. The second-order valence-corrected chi connectivity index (χ2v) is 7.97. The van der Waals surface area contributed by atoms with Crippen LogP contribution < -0.4 is 10.1 Å². The van der Waals surface area contributed by atoms with Crippen molar-refractivity contribution in [3.05, 3.63) is 89.5 Å². The fourth-order valence-electron chi connectivity index (χ4n) is 3.74. The van der Waals surface area contributed by atoms with Crippen LogP contribution in [-0.2, 0) is 9.53 Å². The number of esters is 2. The zero-order chi connectivity index (χ0) is 24.9. The normalized spacial score (nSPS) is 10.6. The van der Waals surface area contributed by atoms with E-state index in [1.165, 1.54) is 7.11 Å². The number of hydrogen-bond donors (Lipinski definition) is 2. The molecule has 0 saturated carbocycles. The highest BCUT2D eigenvalue weighted by molar-refractivity contribution is 5.95. The van der Waals surface area contributed by atoms with E-state index in [1.807, 2.05) is 50.2 Å². The molecule has 0 saturated heterocycles. The lowest BCUT2D eigenvalue weighted by atomic mass is 10.0. The summed E-state index contributed by atoms with van der Waals surface area (Å²) >= 11 is 0. The summed E-state index contributed by atoms with van der Waals surface area (Å²) in [7, 11) is 1.28. The predicted molar refractivity (Wildman–Crippen MR) is 133 cm³/mol. The minimum Gasteiger partial charge on any atom is -0.504 e. The third-order valence-electron chi connectivity index (χ3n) is 5.53. The van der Waals surface area contributed by atoms with Crippen LogP contribution in [0.2, 0.25) is 0 Å². The fourth-order valence-corrected chi connectivity index (χ4v) is 3.74. The van der Waals surface area contributed by atoms with Crippen LogP contribution in [0.5, 0.6) is 11.5 Å². The Kier molecular flexibility index (Phi) is 6.87. The summed E-state index contributed by atoms with van der Waals surface area (Å²) in [6, 6.07) is 21.4. The molecular formula is C28H25NO6. The van der Waals surface area contributed by atoms with Crippen molar-refractivity contribution in [2.75, 3.05) is 19.0 Å². The molecule has 4 aromatic rings. The molecule has 178 valence electrons. The van der Waals surface area contributed by atoms with Gasteiger partial charge in [-0.15, -0.1) is 0 Å². The SMILES string of the molecule is COC(=O)CNc1oc(-c2ccccc2)c(O)c1-c1cccc(C(=O)Oc2c(C)cccc2C)c1. The van der Waals surface area contributed by atoms with Crippen LogP contribution in [0.25, 0.3) is 22.5 Å². The van der Waals surface area contributed by atoms with E-state index in [2.05, 4.69) is 5.32 Å². The van der Waals surface area contributed by atoms with Crippen molar-refractivity contribution in [2.24, 2.45) is 0 Å². The van der Waals surface area contributed by atoms with E-state index in [9.17, 15) is 14.7 Å². The average molecular weight is 472 g/mol. The lowest BCUT2D eigenvalue weighted by Gasteiger charge is -2.11. The number of rotatable bonds is 7. The maximum atomic E-state index is 13.0. The Morgan fingerprint density at radius 3 is 2.26 bits per heavy atom. The molecule has 2 N–H and O–H groups in total. The van der Waals surface area contributed by atoms with Crippen LogP contribution in [0.1, 0.15) is 21.5 Å². The molecule has 1 aromatic heterocycles. The van der Waals surface area contributed by atoms with Crippen molar-refractivity contribution >= 4 is 17.8 Å². The molecule has 7 heteroatoms. The van der Waals surface area contributed by atoms with Crippen molar-refractivity contribution in [3.63, 3.8) is 0 Å². The van der Waals surface area contributed by atoms with Crippen molar-refractivity contribution < 1.29 is 28.6 Å². The van der Waals surface area contributed by atoms with E-state index in [-0.39, 0.29) is 23.9 Å². The van der Waals surface area contributed by atoms with Crippen molar-refractivity contribution in [3.8, 4) is 33.9 Å². The minimum absolute atomic E-state index is 0.121. The van der Waals surface area contributed by atoms with Crippen LogP contribution in [0.15, 0.2) is 77.2 Å². The molecule has 0 aliphatic carbocycles. The first kappa shape index (κ1) is 23.6. The van der Waals surface area contributed by atoms with Gasteiger partial charge in [-0.25, -0.2) is 4.79 Å². The lowest BCUT2D eigenvalue weighted by molar-refractivity contribution is -0.138. The molecule has 0 radical (unpaired) electrons. The van der Waals surface area contributed by atoms with Gasteiger partial charge in [0.1, 0.15) is 12.3 Å². The highest BCUT2D eigenvalue weighted by Gasteiger charge is 2.24. The molecule has 0 spiro atoms. The van der Waals surface area contributed by atoms with Gasteiger partial charge in [0.15, 0.2) is 11.5 Å². The van der Waals surface area contributed by atoms with Crippen LogP contribution in [0.4, 0.5) is 5.88 Å². The van der Waals surface area contributed by atoms with Crippen molar-refractivity contribution in [1.29, 1.82) is 0 Å². The molecule has 0 aliphatic heterocycles. The van der Waals surface area contributed by atoms with Gasteiger partial charge < -0.3 is 24.3 Å². The van der Waals surface area contributed by atoms with E-state index in [4.69, 9.17) is 13.9 Å². The number of benzene rings is 3. The molecule has 0 fully saturated rings. The Balaban J connectivity index is 1.73. The van der Waals surface area contributed by atoms with E-state index in [0.717, 1.165) is 11.1 Å². The van der Waals surface area contributed by atoms with Crippen LogP contribution in [-0.4, -0.2) is 30.7 Å². The summed E-state index contributed by atoms with van der Waals surface area (Å²) in [6.45, 7) is 3.58. The third kappa shape index (κ3) is 5.04. The number of ether oxygens (including phenoxy) is 2. The van der Waals surface area contributed by atoms with Gasteiger partial charge in [-0.1, -0.05) is 60.7 Å². The number of hydrogen-bond acceptors (Lipinski definition) is 7. The quantitative estimate of drug-likeness (QED) is 0.262. The highest BCUT2D eigenvalue weighted by Crippen LogP contribution is 2.46. The number of furan rings is 1. The van der Waals surface area contributed by atoms with Crippen molar-refractivity contribution in [1.82, 2.24) is 0 Å². The average Bonchev–Trinajstić information content (AvgIpc) is 3.21. The molecule has 4 rings (SSSR count). The second kappa shape index (κ2) is 10.2. The molecule has 0 atom stereocenters. The predicted octanol–water partition coefficient (Wildman–Crippen LogP) is 5.74. The maximum absolute atomic E-state index is 13.0. The van der Waals surface area contributed by atoms with E-state index >= 15 is 0 Å². The summed E-state index contributed by atoms with van der Waals surface area (Å²) in [5.41, 5.74) is 3.48. The van der Waals surface area contributed by atoms with Crippen LogP contribution >= 0.6 is 0 Å². The number of methoxy groups -OCH3 is 1. The fraction of sp³-hybridized carbons (Fsp3) is 0.143. The first-order valence-corrected chi connectivity index (χ1v) is 11.0. The summed E-state index contributed by atoms with van der Waals surface area (Å²) in [4.78, 5) is 24.7. The second-order valence-electron chi connectivity index (χ2n) is 7.97. The van der Waals surface area contributed by atoms with Gasteiger partial charge in [0.2, 0.25) is 5.88 Å². The Morgan fingerprint density at radius 1 is 0.914 bits per heavy atom. The van der Waals surface area contributed by atoms with Gasteiger partial charge in [0.25, 0.3) is 0 Å². The van der Waals surface area contributed by atoms with Crippen LogP contribution in [0.3, 0.4) is 0 Å². The maximum Gasteiger partial charge on any atom is 0.343 e. The molecule has 35 heavy (non-hydrogen) atoms. The highest BCUT2D eigenvalue weighted by atomic mass is 16.5. The summed E-state index contributed by atoms with van der Waals surface area (Å²) in [6.07, 6.45) is 0. The Morgan fingerprint density at radius 2 is 1.57 bits per heavy atom. The number of carbonyl (C=O) groups excluding carboxylic acids is 2. The van der Waals surface area contributed by atoms with Gasteiger partial charge in [0, 0.05) is 5.56 Å². The number of anilines is 1. The molecule has 0 unspecified atom stereocenters. The summed E-state index contributed by atoms with van der Waals surface area (Å²) in [5, 5.41) is 14.0. The molecular weight excluding hydrogens is 446 g/mol. The van der Waals surface area contributed by atoms with Gasteiger partial charge in [0.05, 0.1) is 18.2 Å². The molecule has 1 heterocycles. The monoisotopic (exact) mass is 471 g/mol. The van der Waals surface area contributed by atoms with Crippen molar-refractivity contribution in [2.45, 2.75) is 13.8 Å². The first-order valence-electron chi connectivity index (χ1n) is 11.0.